The van der Waals surface area contributed by atoms with E-state index in [2.05, 4.69) is 17.4 Å². The lowest BCUT2D eigenvalue weighted by Gasteiger charge is -2.28. The van der Waals surface area contributed by atoms with E-state index in [9.17, 15) is 9.59 Å². The molecule has 1 heterocycles. The van der Waals surface area contributed by atoms with Crippen LogP contribution in [0.4, 0.5) is 5.69 Å². The van der Waals surface area contributed by atoms with Crippen molar-refractivity contribution in [2.24, 2.45) is 0 Å². The molecule has 0 radical (unpaired) electrons. The second-order valence-electron chi connectivity index (χ2n) is 5.05. The number of rotatable bonds is 3. The van der Waals surface area contributed by atoms with Crippen LogP contribution in [0.2, 0.25) is 0 Å². The average Bonchev–Trinajstić information content (AvgIpc) is 2.51. The molecule has 0 spiro atoms. The number of hydrogen-bond donors (Lipinski definition) is 1. The Kier molecular flexibility index (Phi) is 3.69. The maximum Gasteiger partial charge on any atom is 0.246 e. The fourth-order valence-corrected chi connectivity index (χ4v) is 2.52. The molecule has 0 bridgehead atoms. The highest BCUT2D eigenvalue weighted by Gasteiger charge is 2.25. The fraction of sp³-hybridized carbons (Fsp3) is 0.176. The molecule has 4 heteroatoms. The molecule has 0 saturated carbocycles. The molecule has 0 unspecified atom stereocenters. The minimum Gasteiger partial charge on any atom is -0.345 e. The van der Waals surface area contributed by atoms with Crippen molar-refractivity contribution < 1.29 is 9.59 Å². The van der Waals surface area contributed by atoms with Crippen LogP contribution in [0, 0.1) is 0 Å². The predicted octanol–water partition coefficient (Wildman–Crippen LogP) is 1.74. The third kappa shape index (κ3) is 2.94. The van der Waals surface area contributed by atoms with Gasteiger partial charge in [-0.3, -0.25) is 9.59 Å². The molecule has 1 aliphatic rings. The monoisotopic (exact) mass is 280 g/mol. The first-order chi connectivity index (χ1) is 10.2. The standard InChI is InChI=1S/C17H16N2O2/c20-16-12-19(17(21)11-18-16)15-9-5-4-8-14(15)10-13-6-2-1-3-7-13/h1-9H,10-12H2,(H,18,20). The normalized spacial score (nSPS) is 15.0. The number of carbonyl (C=O) groups is 2. The lowest BCUT2D eigenvalue weighted by atomic mass is 10.0. The molecule has 0 atom stereocenters. The Morgan fingerprint density at radius 1 is 0.952 bits per heavy atom. The van der Waals surface area contributed by atoms with Gasteiger partial charge in [-0.1, -0.05) is 48.5 Å². The fourth-order valence-electron chi connectivity index (χ4n) is 2.52. The number of nitrogens with zero attached hydrogens (tertiary/aromatic N) is 1. The summed E-state index contributed by atoms with van der Waals surface area (Å²) in [5, 5.41) is 2.57. The van der Waals surface area contributed by atoms with Crippen molar-refractivity contribution in [3.05, 3.63) is 65.7 Å². The summed E-state index contributed by atoms with van der Waals surface area (Å²) in [7, 11) is 0. The number of benzene rings is 2. The lowest BCUT2D eigenvalue weighted by molar-refractivity contribution is -0.128. The van der Waals surface area contributed by atoms with Crippen LogP contribution in [-0.2, 0) is 16.0 Å². The van der Waals surface area contributed by atoms with Gasteiger partial charge in [0.15, 0.2) is 0 Å². The molecular formula is C17H16N2O2. The summed E-state index contributed by atoms with van der Waals surface area (Å²) in [6.07, 6.45) is 0.739. The predicted molar refractivity (Wildman–Crippen MR) is 81.1 cm³/mol. The molecule has 21 heavy (non-hydrogen) atoms. The van der Waals surface area contributed by atoms with E-state index in [0.29, 0.717) is 0 Å². The molecular weight excluding hydrogens is 264 g/mol. The van der Waals surface area contributed by atoms with E-state index in [0.717, 1.165) is 17.7 Å². The van der Waals surface area contributed by atoms with Gasteiger partial charge in [-0.05, 0) is 23.6 Å². The average molecular weight is 280 g/mol. The minimum atomic E-state index is -0.121. The largest absolute Gasteiger partial charge is 0.345 e. The first kappa shape index (κ1) is 13.4. The Bertz CT molecular complexity index is 668. The number of piperazine rings is 1. The van der Waals surface area contributed by atoms with Crippen LogP contribution in [0.25, 0.3) is 0 Å². The Hall–Kier alpha value is -2.62. The summed E-state index contributed by atoms with van der Waals surface area (Å²) in [6.45, 7) is 0.156. The first-order valence-corrected chi connectivity index (χ1v) is 6.93. The third-order valence-corrected chi connectivity index (χ3v) is 3.56. The van der Waals surface area contributed by atoms with Crippen LogP contribution in [0.5, 0.6) is 0 Å². The summed E-state index contributed by atoms with van der Waals surface area (Å²) in [5.41, 5.74) is 3.05. The summed E-state index contributed by atoms with van der Waals surface area (Å²) in [5.74, 6) is -0.195. The van der Waals surface area contributed by atoms with Gasteiger partial charge in [0.25, 0.3) is 0 Å². The molecule has 4 nitrogen and oxygen atoms in total. The smallest absolute Gasteiger partial charge is 0.246 e. The quantitative estimate of drug-likeness (QED) is 0.931. The SMILES string of the molecule is O=C1CN(c2ccccc2Cc2ccccc2)C(=O)CN1. The van der Waals surface area contributed by atoms with Crippen LogP contribution >= 0.6 is 0 Å². The van der Waals surface area contributed by atoms with Gasteiger partial charge < -0.3 is 10.2 Å². The molecule has 1 fully saturated rings. The van der Waals surface area contributed by atoms with E-state index in [-0.39, 0.29) is 24.9 Å². The Morgan fingerprint density at radius 3 is 2.48 bits per heavy atom. The molecule has 106 valence electrons. The zero-order chi connectivity index (χ0) is 14.7. The number of nitrogens with one attached hydrogen (secondary N) is 1. The highest BCUT2D eigenvalue weighted by atomic mass is 16.2. The Morgan fingerprint density at radius 2 is 1.67 bits per heavy atom. The maximum atomic E-state index is 12.1. The summed E-state index contributed by atoms with van der Waals surface area (Å²) in [4.78, 5) is 25.2. The van der Waals surface area contributed by atoms with Crippen LogP contribution in [-0.4, -0.2) is 24.9 Å². The Labute approximate surface area is 123 Å². The second-order valence-corrected chi connectivity index (χ2v) is 5.05. The zero-order valence-corrected chi connectivity index (χ0v) is 11.6. The van der Waals surface area contributed by atoms with Gasteiger partial charge in [0.05, 0.1) is 6.54 Å². The highest BCUT2D eigenvalue weighted by molar-refractivity contribution is 6.04. The molecule has 2 amide bonds. The maximum absolute atomic E-state index is 12.1. The highest BCUT2D eigenvalue weighted by Crippen LogP contribution is 2.24. The van der Waals surface area contributed by atoms with Crippen molar-refractivity contribution in [3.63, 3.8) is 0 Å². The Balaban J connectivity index is 1.92. The molecule has 1 N–H and O–H groups in total. The van der Waals surface area contributed by atoms with Crippen molar-refractivity contribution in [2.75, 3.05) is 18.0 Å². The van der Waals surface area contributed by atoms with Gasteiger partial charge in [-0.15, -0.1) is 0 Å². The van der Waals surface area contributed by atoms with Gasteiger partial charge in [0, 0.05) is 5.69 Å². The molecule has 1 aliphatic heterocycles. The molecule has 0 aliphatic carbocycles. The molecule has 0 aromatic heterocycles. The molecule has 3 rings (SSSR count). The van der Waals surface area contributed by atoms with E-state index in [4.69, 9.17) is 0 Å². The van der Waals surface area contributed by atoms with Gasteiger partial charge in [-0.25, -0.2) is 0 Å². The number of amides is 2. The van der Waals surface area contributed by atoms with E-state index in [1.807, 2.05) is 42.5 Å². The number of para-hydroxylation sites is 1. The number of hydrogen-bond acceptors (Lipinski definition) is 2. The minimum absolute atomic E-state index is 0.0680. The summed E-state index contributed by atoms with van der Waals surface area (Å²) >= 11 is 0. The van der Waals surface area contributed by atoms with Crippen LogP contribution < -0.4 is 10.2 Å². The van der Waals surface area contributed by atoms with E-state index >= 15 is 0 Å². The second kappa shape index (κ2) is 5.79. The first-order valence-electron chi connectivity index (χ1n) is 6.93. The van der Waals surface area contributed by atoms with Crippen molar-refractivity contribution in [1.29, 1.82) is 0 Å². The van der Waals surface area contributed by atoms with E-state index in [1.165, 1.54) is 5.56 Å². The van der Waals surface area contributed by atoms with E-state index < -0.39 is 0 Å². The summed E-state index contributed by atoms with van der Waals surface area (Å²) < 4.78 is 0. The topological polar surface area (TPSA) is 49.4 Å². The third-order valence-electron chi connectivity index (χ3n) is 3.56. The lowest BCUT2D eigenvalue weighted by Crippen LogP contribution is -2.52. The number of anilines is 1. The summed E-state index contributed by atoms with van der Waals surface area (Å²) in [6, 6.07) is 17.8. The molecule has 2 aromatic carbocycles. The number of carbonyl (C=O) groups excluding carboxylic acids is 2. The van der Waals surface area contributed by atoms with Gasteiger partial charge in [0.1, 0.15) is 6.54 Å². The van der Waals surface area contributed by atoms with Crippen molar-refractivity contribution in [3.8, 4) is 0 Å². The van der Waals surface area contributed by atoms with Gasteiger partial charge in [0.2, 0.25) is 11.8 Å². The van der Waals surface area contributed by atoms with Crippen LogP contribution in [0.3, 0.4) is 0 Å². The zero-order valence-electron chi connectivity index (χ0n) is 11.6. The molecule has 2 aromatic rings. The van der Waals surface area contributed by atoms with Gasteiger partial charge in [-0.2, -0.15) is 0 Å². The molecule has 1 saturated heterocycles. The van der Waals surface area contributed by atoms with Crippen LogP contribution in [0.1, 0.15) is 11.1 Å². The van der Waals surface area contributed by atoms with Crippen molar-refractivity contribution in [1.82, 2.24) is 5.32 Å². The van der Waals surface area contributed by atoms with Crippen molar-refractivity contribution in [2.45, 2.75) is 6.42 Å². The van der Waals surface area contributed by atoms with E-state index in [1.54, 1.807) is 4.90 Å². The van der Waals surface area contributed by atoms with Gasteiger partial charge >= 0.3 is 0 Å². The van der Waals surface area contributed by atoms with Crippen LogP contribution in [0.15, 0.2) is 54.6 Å². The van der Waals surface area contributed by atoms with Crippen molar-refractivity contribution >= 4 is 17.5 Å².